The minimum atomic E-state index is -0.823. The fourth-order valence-corrected chi connectivity index (χ4v) is 4.42. The molecule has 0 fully saturated rings. The van der Waals surface area contributed by atoms with Crippen LogP contribution in [-0.4, -0.2) is 19.6 Å². The molecule has 5 aromatic rings. The van der Waals surface area contributed by atoms with Crippen LogP contribution in [0.4, 0.5) is 5.82 Å². The van der Waals surface area contributed by atoms with Crippen LogP contribution < -0.4 is 5.73 Å². The zero-order valence-corrected chi connectivity index (χ0v) is 19.2. The van der Waals surface area contributed by atoms with Gasteiger partial charge in [0.05, 0.1) is 29.3 Å². The van der Waals surface area contributed by atoms with Crippen LogP contribution in [0.3, 0.4) is 0 Å². The standard InChI is InChI=1S/C26H20Cl2N4O/c1-32-14-30-13-22(32)24-23(16-3-2-4-19(28)11-16)20-12-17(7-10-21(20)31-26(24)29)25(33)15-5-8-18(27)9-6-15/h2-14,25,33H,1H3,(H2,29,31). The molecule has 33 heavy (non-hydrogen) atoms. The Balaban J connectivity index is 1.80. The second-order valence-electron chi connectivity index (χ2n) is 7.88. The number of hydrogen-bond acceptors (Lipinski definition) is 4. The van der Waals surface area contributed by atoms with Crippen molar-refractivity contribution in [2.24, 2.45) is 7.05 Å². The van der Waals surface area contributed by atoms with E-state index in [9.17, 15) is 5.11 Å². The van der Waals surface area contributed by atoms with Crippen LogP contribution in [0.2, 0.25) is 10.0 Å². The number of halogens is 2. The molecule has 0 aliphatic heterocycles. The van der Waals surface area contributed by atoms with E-state index in [1.54, 1.807) is 24.7 Å². The first-order valence-corrected chi connectivity index (χ1v) is 11.1. The molecule has 0 aliphatic rings. The molecule has 7 heteroatoms. The van der Waals surface area contributed by atoms with Crippen molar-refractivity contribution in [3.05, 3.63) is 100 Å². The quantitative estimate of drug-likeness (QED) is 0.321. The monoisotopic (exact) mass is 474 g/mol. The summed E-state index contributed by atoms with van der Waals surface area (Å²) in [6.07, 6.45) is 2.66. The summed E-state index contributed by atoms with van der Waals surface area (Å²) in [7, 11) is 1.91. The lowest BCUT2D eigenvalue weighted by atomic mass is 9.91. The van der Waals surface area contributed by atoms with Gasteiger partial charge in [-0.1, -0.05) is 53.5 Å². The number of pyridine rings is 1. The molecule has 0 saturated carbocycles. The van der Waals surface area contributed by atoms with Gasteiger partial charge in [0, 0.05) is 28.0 Å². The number of fused-ring (bicyclic) bond motifs is 1. The topological polar surface area (TPSA) is 77.0 Å². The number of nitrogens with two attached hydrogens (primary N) is 1. The number of aliphatic hydroxyl groups is 1. The number of benzene rings is 3. The minimum Gasteiger partial charge on any atom is -0.384 e. The maximum Gasteiger partial charge on any atom is 0.134 e. The average molecular weight is 475 g/mol. The van der Waals surface area contributed by atoms with Gasteiger partial charge in [-0.3, -0.25) is 0 Å². The van der Waals surface area contributed by atoms with E-state index in [0.717, 1.165) is 44.4 Å². The van der Waals surface area contributed by atoms with E-state index in [2.05, 4.69) is 9.97 Å². The lowest BCUT2D eigenvalue weighted by molar-refractivity contribution is 0.220. The second kappa shape index (κ2) is 8.52. The first kappa shape index (κ1) is 21.5. The number of imidazole rings is 1. The molecule has 3 aromatic carbocycles. The van der Waals surface area contributed by atoms with Gasteiger partial charge in [-0.05, 0) is 53.1 Å². The van der Waals surface area contributed by atoms with Gasteiger partial charge in [0.1, 0.15) is 11.9 Å². The molecule has 5 rings (SSSR count). The Bertz CT molecular complexity index is 1480. The summed E-state index contributed by atoms with van der Waals surface area (Å²) < 4.78 is 1.90. The average Bonchev–Trinajstić information content (AvgIpc) is 3.23. The van der Waals surface area contributed by atoms with Crippen molar-refractivity contribution in [2.75, 3.05) is 5.73 Å². The van der Waals surface area contributed by atoms with Gasteiger partial charge in [0.15, 0.2) is 0 Å². The largest absolute Gasteiger partial charge is 0.384 e. The van der Waals surface area contributed by atoms with Crippen LogP contribution in [0.1, 0.15) is 17.2 Å². The molecule has 1 atom stereocenters. The predicted octanol–water partition coefficient (Wildman–Crippen LogP) is 6.27. The van der Waals surface area contributed by atoms with Crippen LogP contribution in [0.15, 0.2) is 79.3 Å². The number of rotatable bonds is 4. The first-order valence-electron chi connectivity index (χ1n) is 10.3. The fourth-order valence-electron chi connectivity index (χ4n) is 4.11. The van der Waals surface area contributed by atoms with Gasteiger partial charge in [0.25, 0.3) is 0 Å². The molecule has 0 radical (unpaired) electrons. The highest BCUT2D eigenvalue weighted by Crippen LogP contribution is 2.42. The molecule has 3 N–H and O–H groups in total. The maximum atomic E-state index is 11.1. The van der Waals surface area contributed by atoms with Crippen molar-refractivity contribution in [2.45, 2.75) is 6.10 Å². The molecule has 5 nitrogen and oxygen atoms in total. The molecule has 0 spiro atoms. The molecular weight excluding hydrogens is 455 g/mol. The van der Waals surface area contributed by atoms with E-state index in [0.29, 0.717) is 15.9 Å². The third-order valence-electron chi connectivity index (χ3n) is 5.72. The summed E-state index contributed by atoms with van der Waals surface area (Å²) in [5.74, 6) is 0.395. The number of hydrogen-bond donors (Lipinski definition) is 2. The highest BCUT2D eigenvalue weighted by atomic mass is 35.5. The normalized spacial score (nSPS) is 12.2. The molecule has 2 aromatic heterocycles. The molecule has 2 heterocycles. The van der Waals surface area contributed by atoms with Crippen molar-refractivity contribution < 1.29 is 5.11 Å². The third kappa shape index (κ3) is 3.95. The Kier molecular flexibility index (Phi) is 5.54. The molecule has 164 valence electrons. The van der Waals surface area contributed by atoms with Crippen molar-refractivity contribution in [3.8, 4) is 22.4 Å². The van der Waals surface area contributed by atoms with Gasteiger partial charge >= 0.3 is 0 Å². The lowest BCUT2D eigenvalue weighted by Crippen LogP contribution is -2.03. The second-order valence-corrected chi connectivity index (χ2v) is 8.75. The zero-order chi connectivity index (χ0) is 23.1. The SMILES string of the molecule is Cn1cncc1-c1c(N)nc2ccc(C(O)c3ccc(Cl)cc3)cc2c1-c1cccc(Cl)c1. The number of aromatic nitrogens is 3. The van der Waals surface area contributed by atoms with Crippen LogP contribution in [0, 0.1) is 0 Å². The van der Waals surface area contributed by atoms with Crippen LogP contribution in [-0.2, 0) is 7.05 Å². The minimum absolute atomic E-state index is 0.395. The van der Waals surface area contributed by atoms with Crippen LogP contribution in [0.25, 0.3) is 33.3 Å². The lowest BCUT2D eigenvalue weighted by Gasteiger charge is -2.18. The van der Waals surface area contributed by atoms with E-state index in [-0.39, 0.29) is 0 Å². The zero-order valence-electron chi connectivity index (χ0n) is 17.7. The smallest absolute Gasteiger partial charge is 0.134 e. The van der Waals surface area contributed by atoms with Gasteiger partial charge in [0.2, 0.25) is 0 Å². The Morgan fingerprint density at radius 1 is 0.909 bits per heavy atom. The first-order chi connectivity index (χ1) is 15.9. The summed E-state index contributed by atoms with van der Waals surface area (Å²) in [4.78, 5) is 8.94. The highest BCUT2D eigenvalue weighted by Gasteiger charge is 2.21. The van der Waals surface area contributed by atoms with Gasteiger partial charge < -0.3 is 15.4 Å². The molecule has 1 unspecified atom stereocenters. The number of nitrogens with zero attached hydrogens (tertiary/aromatic N) is 3. The number of anilines is 1. The van der Waals surface area contributed by atoms with Crippen LogP contribution in [0.5, 0.6) is 0 Å². The molecule has 0 saturated heterocycles. The Morgan fingerprint density at radius 3 is 2.36 bits per heavy atom. The molecular formula is C26H20Cl2N4O. The highest BCUT2D eigenvalue weighted by molar-refractivity contribution is 6.31. The summed E-state index contributed by atoms with van der Waals surface area (Å²) in [5.41, 5.74) is 12.1. The van der Waals surface area contributed by atoms with Gasteiger partial charge in [-0.25, -0.2) is 9.97 Å². The Hall–Kier alpha value is -3.38. The number of aryl methyl sites for hydroxylation is 1. The van der Waals surface area contributed by atoms with Gasteiger partial charge in [-0.15, -0.1) is 0 Å². The maximum absolute atomic E-state index is 11.1. The van der Waals surface area contributed by atoms with E-state index in [4.69, 9.17) is 28.9 Å². The number of nitrogen functional groups attached to an aromatic ring is 1. The number of aliphatic hydroxyl groups excluding tert-OH is 1. The van der Waals surface area contributed by atoms with E-state index in [1.807, 2.05) is 66.2 Å². The van der Waals surface area contributed by atoms with E-state index in [1.165, 1.54) is 0 Å². The molecule has 0 amide bonds. The van der Waals surface area contributed by atoms with E-state index >= 15 is 0 Å². The van der Waals surface area contributed by atoms with Crippen LogP contribution >= 0.6 is 23.2 Å². The summed E-state index contributed by atoms with van der Waals surface area (Å²) in [6, 6.07) is 20.5. The van der Waals surface area contributed by atoms with Crippen molar-refractivity contribution in [1.82, 2.24) is 14.5 Å². The molecule has 0 aliphatic carbocycles. The van der Waals surface area contributed by atoms with Gasteiger partial charge in [-0.2, -0.15) is 0 Å². The van der Waals surface area contributed by atoms with E-state index < -0.39 is 6.10 Å². The third-order valence-corrected chi connectivity index (χ3v) is 6.21. The fraction of sp³-hybridized carbons (Fsp3) is 0.0769. The summed E-state index contributed by atoms with van der Waals surface area (Å²) >= 11 is 12.4. The van der Waals surface area contributed by atoms with Crippen molar-refractivity contribution in [3.63, 3.8) is 0 Å². The molecule has 0 bridgehead atoms. The summed E-state index contributed by atoms with van der Waals surface area (Å²) in [6.45, 7) is 0. The van der Waals surface area contributed by atoms with Crippen molar-refractivity contribution >= 4 is 39.9 Å². The Morgan fingerprint density at radius 2 is 1.67 bits per heavy atom. The predicted molar refractivity (Wildman–Crippen MR) is 134 cm³/mol. The summed E-state index contributed by atoms with van der Waals surface area (Å²) in [5, 5.41) is 13.2. The Labute approximate surface area is 201 Å². The van der Waals surface area contributed by atoms with Crippen molar-refractivity contribution in [1.29, 1.82) is 0 Å².